The fourth-order valence-corrected chi connectivity index (χ4v) is 4.26. The van der Waals surface area contributed by atoms with Gasteiger partial charge in [-0.1, -0.05) is 49.4 Å². The molecule has 0 unspecified atom stereocenters. The zero-order chi connectivity index (χ0) is 18.5. The molecule has 0 bridgehead atoms. The van der Waals surface area contributed by atoms with Crippen LogP contribution in [0.15, 0.2) is 53.0 Å². The summed E-state index contributed by atoms with van der Waals surface area (Å²) in [5.74, 6) is 2.35. The Labute approximate surface area is 165 Å². The van der Waals surface area contributed by atoms with Crippen LogP contribution < -0.4 is 0 Å². The number of para-hydroxylation sites is 1. The molecule has 4 aromatic rings. The predicted molar refractivity (Wildman–Crippen MR) is 107 cm³/mol. The van der Waals surface area contributed by atoms with Crippen LogP contribution in [0, 0.1) is 0 Å². The fourth-order valence-electron chi connectivity index (χ4n) is 2.68. The summed E-state index contributed by atoms with van der Waals surface area (Å²) in [6.45, 7) is 3.00. The number of hydrogen-bond acceptors (Lipinski definition) is 7. The average molecular weight is 398 g/mol. The van der Waals surface area contributed by atoms with Crippen molar-refractivity contribution in [2.24, 2.45) is 0 Å². The molecule has 0 amide bonds. The molecule has 0 spiro atoms. The van der Waals surface area contributed by atoms with E-state index in [9.17, 15) is 0 Å². The second-order valence-electron chi connectivity index (χ2n) is 5.91. The lowest BCUT2D eigenvalue weighted by molar-refractivity contribution is 0.540. The topological polar surface area (TPSA) is 74.3 Å². The first kappa shape index (κ1) is 17.9. The number of tetrazole rings is 1. The third-order valence-electron chi connectivity index (χ3n) is 4.05. The van der Waals surface area contributed by atoms with E-state index in [4.69, 9.17) is 0 Å². The van der Waals surface area contributed by atoms with Crippen molar-refractivity contribution in [1.82, 2.24) is 35.0 Å². The highest BCUT2D eigenvalue weighted by Crippen LogP contribution is 2.31. The van der Waals surface area contributed by atoms with E-state index < -0.39 is 0 Å². The van der Waals surface area contributed by atoms with Gasteiger partial charge in [0.05, 0.1) is 10.6 Å². The van der Waals surface area contributed by atoms with Crippen LogP contribution in [0.25, 0.3) is 16.4 Å². The van der Waals surface area contributed by atoms with Crippen molar-refractivity contribution in [2.75, 3.05) is 0 Å². The molecule has 7 nitrogen and oxygen atoms in total. The molecule has 0 aliphatic rings. The number of nitrogens with zero attached hydrogens (tertiary/aromatic N) is 7. The number of hydrogen-bond donors (Lipinski definition) is 0. The minimum absolute atomic E-state index is 0.645. The van der Waals surface area contributed by atoms with Gasteiger partial charge >= 0.3 is 0 Å². The van der Waals surface area contributed by atoms with Crippen LogP contribution >= 0.6 is 23.1 Å². The van der Waals surface area contributed by atoms with Gasteiger partial charge in [0.1, 0.15) is 0 Å². The standard InChI is InChI=1S/C18H19N7S2/c1-2-3-11-24-16(19-22-23-24)13-27-18-21-20-17(15-10-7-12-26-15)25(18)14-8-5-4-6-9-14/h4-10,12H,2-3,11,13H2,1H3. The summed E-state index contributed by atoms with van der Waals surface area (Å²) in [6.07, 6.45) is 2.17. The van der Waals surface area contributed by atoms with E-state index >= 15 is 0 Å². The number of benzene rings is 1. The zero-order valence-electron chi connectivity index (χ0n) is 14.9. The number of thiophene rings is 1. The van der Waals surface area contributed by atoms with E-state index in [-0.39, 0.29) is 0 Å². The summed E-state index contributed by atoms with van der Waals surface area (Å²) >= 11 is 3.25. The third-order valence-corrected chi connectivity index (χ3v) is 5.84. The largest absolute Gasteiger partial charge is 0.269 e. The molecule has 27 heavy (non-hydrogen) atoms. The van der Waals surface area contributed by atoms with Gasteiger partial charge in [-0.25, -0.2) is 4.68 Å². The lowest BCUT2D eigenvalue weighted by Gasteiger charge is -2.09. The molecule has 0 aliphatic heterocycles. The van der Waals surface area contributed by atoms with E-state index in [2.05, 4.69) is 55.4 Å². The smallest absolute Gasteiger partial charge is 0.196 e. The molecule has 0 saturated carbocycles. The normalized spacial score (nSPS) is 11.1. The summed E-state index contributed by atoms with van der Waals surface area (Å²) in [4.78, 5) is 1.09. The van der Waals surface area contributed by atoms with E-state index in [1.165, 1.54) is 0 Å². The molecule has 0 radical (unpaired) electrons. The molecule has 9 heteroatoms. The van der Waals surface area contributed by atoms with Crippen LogP contribution in [0.5, 0.6) is 0 Å². The Hall–Kier alpha value is -2.52. The van der Waals surface area contributed by atoms with Crippen molar-refractivity contribution >= 4 is 23.1 Å². The van der Waals surface area contributed by atoms with Gasteiger partial charge in [-0.05, 0) is 40.4 Å². The Morgan fingerprint density at radius 2 is 1.93 bits per heavy atom. The summed E-state index contributed by atoms with van der Waals surface area (Å²) in [5.41, 5.74) is 1.04. The molecule has 4 rings (SSSR count). The van der Waals surface area contributed by atoms with E-state index in [1.807, 2.05) is 34.3 Å². The van der Waals surface area contributed by atoms with Gasteiger partial charge < -0.3 is 0 Å². The maximum absolute atomic E-state index is 4.45. The van der Waals surface area contributed by atoms with Gasteiger partial charge in [-0.15, -0.1) is 26.6 Å². The predicted octanol–water partition coefficient (Wildman–Crippen LogP) is 4.07. The molecule has 0 aliphatic carbocycles. The quantitative estimate of drug-likeness (QED) is 0.417. The van der Waals surface area contributed by atoms with Gasteiger partial charge in [0.25, 0.3) is 0 Å². The minimum Gasteiger partial charge on any atom is -0.269 e. The number of rotatable bonds is 8. The van der Waals surface area contributed by atoms with Crippen LogP contribution in [-0.4, -0.2) is 35.0 Å². The summed E-state index contributed by atoms with van der Waals surface area (Å²) < 4.78 is 3.97. The van der Waals surface area contributed by atoms with Crippen LogP contribution in [0.1, 0.15) is 25.6 Å². The molecule has 0 saturated heterocycles. The summed E-state index contributed by atoms with van der Waals surface area (Å²) in [7, 11) is 0. The lowest BCUT2D eigenvalue weighted by atomic mass is 10.3. The summed E-state index contributed by atoms with van der Waals surface area (Å²) in [6, 6.07) is 14.3. The van der Waals surface area contributed by atoms with E-state index in [1.54, 1.807) is 23.1 Å². The molecular weight excluding hydrogens is 378 g/mol. The van der Waals surface area contributed by atoms with Crippen molar-refractivity contribution in [3.63, 3.8) is 0 Å². The number of aryl methyl sites for hydroxylation is 1. The highest BCUT2D eigenvalue weighted by molar-refractivity contribution is 7.98. The van der Waals surface area contributed by atoms with Crippen molar-refractivity contribution in [3.05, 3.63) is 53.7 Å². The Balaban J connectivity index is 1.63. The molecule has 0 fully saturated rings. The molecule has 138 valence electrons. The number of unbranched alkanes of at least 4 members (excludes halogenated alkanes) is 1. The number of aromatic nitrogens is 7. The zero-order valence-corrected chi connectivity index (χ0v) is 16.5. The maximum atomic E-state index is 4.45. The highest BCUT2D eigenvalue weighted by atomic mass is 32.2. The fraction of sp³-hybridized carbons (Fsp3) is 0.278. The van der Waals surface area contributed by atoms with Crippen LogP contribution in [-0.2, 0) is 12.3 Å². The van der Waals surface area contributed by atoms with Crippen LogP contribution in [0.4, 0.5) is 0 Å². The van der Waals surface area contributed by atoms with Gasteiger partial charge in [0.15, 0.2) is 16.8 Å². The van der Waals surface area contributed by atoms with Crippen molar-refractivity contribution in [3.8, 4) is 16.4 Å². The molecule has 3 heterocycles. The first-order valence-electron chi connectivity index (χ1n) is 8.79. The van der Waals surface area contributed by atoms with Crippen molar-refractivity contribution < 1.29 is 0 Å². The van der Waals surface area contributed by atoms with Crippen molar-refractivity contribution in [2.45, 2.75) is 37.2 Å². The van der Waals surface area contributed by atoms with Gasteiger partial charge in [-0.2, -0.15) is 0 Å². The lowest BCUT2D eigenvalue weighted by Crippen LogP contribution is -2.05. The molecule has 0 atom stereocenters. The van der Waals surface area contributed by atoms with Crippen LogP contribution in [0.2, 0.25) is 0 Å². The molecular formula is C18H19N7S2. The first-order chi connectivity index (χ1) is 13.4. The van der Waals surface area contributed by atoms with Gasteiger partial charge in [-0.3, -0.25) is 4.57 Å². The molecule has 3 aromatic heterocycles. The Morgan fingerprint density at radius 1 is 1.04 bits per heavy atom. The Morgan fingerprint density at radius 3 is 2.70 bits per heavy atom. The monoisotopic (exact) mass is 397 g/mol. The van der Waals surface area contributed by atoms with E-state index in [0.29, 0.717) is 5.75 Å². The second kappa shape index (κ2) is 8.45. The highest BCUT2D eigenvalue weighted by Gasteiger charge is 2.18. The van der Waals surface area contributed by atoms with Gasteiger partial charge in [0.2, 0.25) is 0 Å². The second-order valence-corrected chi connectivity index (χ2v) is 7.81. The number of thioether (sulfide) groups is 1. The first-order valence-corrected chi connectivity index (χ1v) is 10.7. The van der Waals surface area contributed by atoms with E-state index in [0.717, 1.165) is 46.8 Å². The maximum Gasteiger partial charge on any atom is 0.196 e. The molecule has 1 aromatic carbocycles. The summed E-state index contributed by atoms with van der Waals surface area (Å²) in [5, 5.41) is 23.9. The van der Waals surface area contributed by atoms with Crippen molar-refractivity contribution in [1.29, 1.82) is 0 Å². The Kier molecular flexibility index (Phi) is 5.59. The Bertz CT molecular complexity index is 977. The minimum atomic E-state index is 0.645. The third kappa shape index (κ3) is 3.93. The van der Waals surface area contributed by atoms with Crippen LogP contribution in [0.3, 0.4) is 0 Å². The average Bonchev–Trinajstić information content (AvgIpc) is 3.45. The molecule has 0 N–H and O–H groups in total. The van der Waals surface area contributed by atoms with Gasteiger partial charge in [0, 0.05) is 12.2 Å². The SMILES string of the molecule is CCCCn1nnnc1CSc1nnc(-c2cccs2)n1-c1ccccc1.